The Bertz CT molecular complexity index is 409. The van der Waals surface area contributed by atoms with E-state index in [0.717, 1.165) is 18.5 Å². The van der Waals surface area contributed by atoms with Gasteiger partial charge in [-0.2, -0.15) is 0 Å². The van der Waals surface area contributed by atoms with Crippen LogP contribution in [0.3, 0.4) is 0 Å². The molecule has 1 amide bonds. The molecule has 0 spiro atoms. The lowest BCUT2D eigenvalue weighted by molar-refractivity contribution is -0.134. The fraction of sp³-hybridized carbons (Fsp3) is 0.533. The molecule has 4 heteroatoms. The molecule has 3 nitrogen and oxygen atoms in total. The maximum Gasteiger partial charge on any atom is 0.226 e. The molecule has 0 saturated carbocycles. The summed E-state index contributed by atoms with van der Waals surface area (Å²) in [6, 6.07) is 6.51. The van der Waals surface area contributed by atoms with Crippen molar-refractivity contribution in [3.63, 3.8) is 0 Å². The van der Waals surface area contributed by atoms with Crippen LogP contribution in [-0.4, -0.2) is 30.4 Å². The van der Waals surface area contributed by atoms with E-state index in [0.29, 0.717) is 19.5 Å². The fourth-order valence-electron chi connectivity index (χ4n) is 1.97. The highest BCUT2D eigenvalue weighted by molar-refractivity contribution is 5.78. The quantitative estimate of drug-likeness (QED) is 0.822. The maximum atomic E-state index is 13.1. The van der Waals surface area contributed by atoms with Gasteiger partial charge in [0, 0.05) is 25.6 Å². The number of hydrogen-bond donors (Lipinski definition) is 1. The molecule has 0 bridgehead atoms. The van der Waals surface area contributed by atoms with Crippen molar-refractivity contribution in [2.45, 2.75) is 26.7 Å². The van der Waals surface area contributed by atoms with Gasteiger partial charge in [-0.05, 0) is 30.5 Å². The summed E-state index contributed by atoms with van der Waals surface area (Å²) in [6.07, 6.45) is 1.58. The van der Waals surface area contributed by atoms with Gasteiger partial charge in [0.1, 0.15) is 5.82 Å². The SMILES string of the molecule is CCCN(CCc1cccc(F)c1)C(=O)C(C)CN. The number of amides is 1. The van der Waals surface area contributed by atoms with E-state index in [2.05, 4.69) is 0 Å². The summed E-state index contributed by atoms with van der Waals surface area (Å²) in [6.45, 7) is 5.57. The third kappa shape index (κ3) is 4.99. The van der Waals surface area contributed by atoms with Crippen molar-refractivity contribution in [1.29, 1.82) is 0 Å². The Morgan fingerprint density at radius 3 is 2.74 bits per heavy atom. The third-order valence-electron chi connectivity index (χ3n) is 3.14. The largest absolute Gasteiger partial charge is 0.342 e. The van der Waals surface area contributed by atoms with Crippen LogP contribution in [0.25, 0.3) is 0 Å². The predicted molar refractivity (Wildman–Crippen MR) is 75.2 cm³/mol. The van der Waals surface area contributed by atoms with E-state index in [1.165, 1.54) is 12.1 Å². The van der Waals surface area contributed by atoms with E-state index in [1.807, 2.05) is 24.8 Å². The molecule has 0 aliphatic carbocycles. The lowest BCUT2D eigenvalue weighted by atomic mass is 10.1. The highest BCUT2D eigenvalue weighted by Crippen LogP contribution is 2.08. The number of halogens is 1. The van der Waals surface area contributed by atoms with Gasteiger partial charge in [0.05, 0.1) is 0 Å². The van der Waals surface area contributed by atoms with Crippen molar-refractivity contribution in [3.8, 4) is 0 Å². The number of carbonyl (C=O) groups is 1. The van der Waals surface area contributed by atoms with Crippen LogP contribution < -0.4 is 5.73 Å². The molecule has 0 aliphatic rings. The number of rotatable bonds is 7. The van der Waals surface area contributed by atoms with Crippen LogP contribution in [0.4, 0.5) is 4.39 Å². The molecule has 1 aromatic carbocycles. The summed E-state index contributed by atoms with van der Waals surface area (Å²) in [5.41, 5.74) is 6.45. The topological polar surface area (TPSA) is 46.3 Å². The fourth-order valence-corrected chi connectivity index (χ4v) is 1.97. The molecule has 1 aromatic rings. The maximum absolute atomic E-state index is 13.1. The molecule has 1 unspecified atom stereocenters. The molecular weight excluding hydrogens is 243 g/mol. The molecule has 1 atom stereocenters. The van der Waals surface area contributed by atoms with Crippen molar-refractivity contribution in [3.05, 3.63) is 35.6 Å². The van der Waals surface area contributed by atoms with Crippen LogP contribution in [0.1, 0.15) is 25.8 Å². The number of carbonyl (C=O) groups excluding carboxylic acids is 1. The monoisotopic (exact) mass is 266 g/mol. The second-order valence-electron chi connectivity index (χ2n) is 4.84. The molecule has 0 fully saturated rings. The average Bonchev–Trinajstić information content (AvgIpc) is 2.42. The van der Waals surface area contributed by atoms with Gasteiger partial charge >= 0.3 is 0 Å². The van der Waals surface area contributed by atoms with Gasteiger partial charge < -0.3 is 10.6 Å². The second kappa shape index (κ2) is 7.89. The van der Waals surface area contributed by atoms with Crippen LogP contribution in [0.15, 0.2) is 24.3 Å². The average molecular weight is 266 g/mol. The highest BCUT2D eigenvalue weighted by Gasteiger charge is 2.18. The Labute approximate surface area is 114 Å². The number of nitrogens with zero attached hydrogens (tertiary/aromatic N) is 1. The number of benzene rings is 1. The summed E-state index contributed by atoms with van der Waals surface area (Å²) in [5, 5.41) is 0. The molecule has 0 heterocycles. The molecule has 1 rings (SSSR count). The molecule has 0 aromatic heterocycles. The van der Waals surface area contributed by atoms with Gasteiger partial charge in [-0.15, -0.1) is 0 Å². The highest BCUT2D eigenvalue weighted by atomic mass is 19.1. The van der Waals surface area contributed by atoms with Gasteiger partial charge in [0.25, 0.3) is 0 Å². The first-order valence-corrected chi connectivity index (χ1v) is 6.81. The van der Waals surface area contributed by atoms with E-state index >= 15 is 0 Å². The summed E-state index contributed by atoms with van der Waals surface area (Å²) >= 11 is 0. The van der Waals surface area contributed by atoms with Crippen molar-refractivity contribution in [2.75, 3.05) is 19.6 Å². The second-order valence-corrected chi connectivity index (χ2v) is 4.84. The molecule has 2 N–H and O–H groups in total. The summed E-state index contributed by atoms with van der Waals surface area (Å²) in [7, 11) is 0. The van der Waals surface area contributed by atoms with Crippen molar-refractivity contribution in [2.24, 2.45) is 11.7 Å². The molecule has 0 aliphatic heterocycles. The van der Waals surface area contributed by atoms with Gasteiger partial charge in [-0.25, -0.2) is 4.39 Å². The van der Waals surface area contributed by atoms with E-state index in [1.54, 1.807) is 6.07 Å². The zero-order chi connectivity index (χ0) is 14.3. The van der Waals surface area contributed by atoms with Gasteiger partial charge in [-0.3, -0.25) is 4.79 Å². The first-order valence-electron chi connectivity index (χ1n) is 6.81. The Kier molecular flexibility index (Phi) is 6.50. The Balaban J connectivity index is 2.61. The minimum absolute atomic E-state index is 0.0840. The molecule has 0 saturated heterocycles. The lowest BCUT2D eigenvalue weighted by Gasteiger charge is -2.25. The van der Waals surface area contributed by atoms with Gasteiger partial charge in [0.15, 0.2) is 0 Å². The zero-order valence-electron chi connectivity index (χ0n) is 11.7. The number of hydrogen-bond acceptors (Lipinski definition) is 2. The Morgan fingerprint density at radius 1 is 1.42 bits per heavy atom. The lowest BCUT2D eigenvalue weighted by Crippen LogP contribution is -2.39. The molecular formula is C15H23FN2O. The first-order chi connectivity index (χ1) is 9.08. The van der Waals surface area contributed by atoms with Crippen LogP contribution in [0.2, 0.25) is 0 Å². The molecule has 19 heavy (non-hydrogen) atoms. The van der Waals surface area contributed by atoms with Crippen molar-refractivity contribution >= 4 is 5.91 Å². The minimum Gasteiger partial charge on any atom is -0.342 e. The van der Waals surface area contributed by atoms with Gasteiger partial charge in [-0.1, -0.05) is 26.0 Å². The normalized spacial score (nSPS) is 12.2. The Hall–Kier alpha value is -1.42. The van der Waals surface area contributed by atoms with Gasteiger partial charge in [0.2, 0.25) is 5.91 Å². The smallest absolute Gasteiger partial charge is 0.226 e. The minimum atomic E-state index is -0.235. The predicted octanol–water partition coefficient (Wildman–Crippen LogP) is 2.20. The first kappa shape index (κ1) is 15.6. The summed E-state index contributed by atoms with van der Waals surface area (Å²) < 4.78 is 13.1. The summed E-state index contributed by atoms with van der Waals surface area (Å²) in [4.78, 5) is 13.9. The van der Waals surface area contributed by atoms with Crippen molar-refractivity contribution in [1.82, 2.24) is 4.90 Å². The molecule has 0 radical (unpaired) electrons. The van der Waals surface area contributed by atoms with E-state index in [-0.39, 0.29) is 17.6 Å². The number of nitrogens with two attached hydrogens (primary N) is 1. The van der Waals surface area contributed by atoms with Crippen LogP contribution in [-0.2, 0) is 11.2 Å². The van der Waals surface area contributed by atoms with Crippen molar-refractivity contribution < 1.29 is 9.18 Å². The van der Waals surface area contributed by atoms with E-state index in [4.69, 9.17) is 5.73 Å². The molecule has 106 valence electrons. The van der Waals surface area contributed by atoms with Crippen LogP contribution in [0.5, 0.6) is 0 Å². The standard InChI is InChI=1S/C15H23FN2O/c1-3-8-18(15(19)12(2)11-17)9-7-13-5-4-6-14(16)10-13/h4-6,10,12H,3,7-9,11,17H2,1-2H3. The van der Waals surface area contributed by atoms with E-state index < -0.39 is 0 Å². The Morgan fingerprint density at radius 2 is 2.16 bits per heavy atom. The zero-order valence-corrected chi connectivity index (χ0v) is 11.7. The van der Waals surface area contributed by atoms with Crippen LogP contribution in [0, 0.1) is 11.7 Å². The van der Waals surface area contributed by atoms with Crippen LogP contribution >= 0.6 is 0 Å². The third-order valence-corrected chi connectivity index (χ3v) is 3.14. The van der Waals surface area contributed by atoms with E-state index in [9.17, 15) is 9.18 Å². The summed E-state index contributed by atoms with van der Waals surface area (Å²) in [5.74, 6) is -0.305.